The van der Waals surface area contributed by atoms with E-state index in [0.717, 1.165) is 19.3 Å². The Morgan fingerprint density at radius 3 is 2.81 bits per heavy atom. The molecule has 0 radical (unpaired) electrons. The van der Waals surface area contributed by atoms with Gasteiger partial charge in [0.2, 0.25) is 5.76 Å². The highest BCUT2D eigenvalue weighted by molar-refractivity contribution is 5.94. The third-order valence-electron chi connectivity index (χ3n) is 4.59. The molecule has 0 aliphatic carbocycles. The van der Waals surface area contributed by atoms with Crippen molar-refractivity contribution in [3.8, 4) is 0 Å². The monoisotopic (exact) mass is 384 g/mol. The lowest BCUT2D eigenvalue weighted by Gasteiger charge is -2.20. The van der Waals surface area contributed by atoms with Gasteiger partial charge < -0.3 is 20.0 Å². The summed E-state index contributed by atoms with van der Waals surface area (Å²) in [6, 6.07) is -0.0700. The van der Waals surface area contributed by atoms with Crippen molar-refractivity contribution < 1.29 is 22.4 Å². The summed E-state index contributed by atoms with van der Waals surface area (Å²) in [6.07, 6.45) is 3.01. The van der Waals surface area contributed by atoms with Crippen LogP contribution in [0, 0.1) is 5.92 Å². The summed E-state index contributed by atoms with van der Waals surface area (Å²) >= 11 is 0. The Hall–Kier alpha value is -2.45. The van der Waals surface area contributed by atoms with Crippen LogP contribution in [-0.2, 0) is 6.18 Å². The van der Waals surface area contributed by atoms with E-state index in [9.17, 15) is 18.0 Å². The van der Waals surface area contributed by atoms with Crippen LogP contribution in [-0.4, -0.2) is 30.0 Å². The fraction of sp³-hybridized carbons (Fsp3) is 0.556. The molecule has 2 aliphatic rings. The number of anilines is 1. The predicted molar refractivity (Wildman–Crippen MR) is 94.0 cm³/mol. The van der Waals surface area contributed by atoms with Gasteiger partial charge in [0.05, 0.1) is 5.70 Å². The van der Waals surface area contributed by atoms with Gasteiger partial charge in [-0.25, -0.2) is 0 Å². The van der Waals surface area contributed by atoms with Gasteiger partial charge in [0.15, 0.2) is 5.69 Å². The van der Waals surface area contributed by atoms with Crippen LogP contribution < -0.4 is 15.5 Å². The molecule has 2 aliphatic heterocycles. The van der Waals surface area contributed by atoms with Crippen molar-refractivity contribution in [3.63, 3.8) is 0 Å². The molecular formula is C18H23F3N4O2. The number of aromatic nitrogens is 1. The number of amides is 1. The van der Waals surface area contributed by atoms with Crippen LogP contribution in [0.3, 0.4) is 0 Å². The van der Waals surface area contributed by atoms with Crippen molar-refractivity contribution in [2.75, 3.05) is 18.0 Å². The molecule has 1 saturated heterocycles. The molecule has 6 nitrogen and oxygen atoms in total. The lowest BCUT2D eigenvalue weighted by atomic mass is 10.1. The Morgan fingerprint density at radius 2 is 2.15 bits per heavy atom. The molecule has 3 heterocycles. The van der Waals surface area contributed by atoms with Crippen molar-refractivity contribution in [2.45, 2.75) is 45.3 Å². The van der Waals surface area contributed by atoms with Crippen molar-refractivity contribution in [2.24, 2.45) is 5.92 Å². The van der Waals surface area contributed by atoms with Gasteiger partial charge in [-0.2, -0.15) is 18.2 Å². The molecule has 1 aromatic rings. The number of nitrogens with zero attached hydrogens (tertiary/aromatic N) is 2. The standard InChI is InChI=1S/C18H23F3N4O2/c1-11-5-3-4-8-25(10-11)17-24-15(18(19,20)21)14(27-17)16(26)23-13-7-6-12(2)22-9-13/h6-7,9,11-12,22H,3-5,8,10H2,1-2H3,(H,23,26). The molecule has 1 fully saturated rings. The Morgan fingerprint density at radius 1 is 1.37 bits per heavy atom. The molecular weight excluding hydrogens is 361 g/mol. The van der Waals surface area contributed by atoms with Crippen LogP contribution in [0.1, 0.15) is 49.4 Å². The zero-order valence-electron chi connectivity index (χ0n) is 15.3. The average Bonchev–Trinajstić information content (AvgIpc) is 2.95. The SMILES string of the molecule is CC1CCCCN(c2nc(C(F)(F)F)c(C(=O)NC3=CNC(C)C=C3)o2)C1. The summed E-state index contributed by atoms with van der Waals surface area (Å²) < 4.78 is 45.6. The first kappa shape index (κ1) is 19.3. The van der Waals surface area contributed by atoms with Crippen LogP contribution in [0.4, 0.5) is 19.2 Å². The van der Waals surface area contributed by atoms with Gasteiger partial charge in [-0.3, -0.25) is 4.79 Å². The average molecular weight is 384 g/mol. The van der Waals surface area contributed by atoms with Crippen molar-refractivity contribution in [1.29, 1.82) is 0 Å². The number of hydrogen-bond acceptors (Lipinski definition) is 5. The second-order valence-corrected chi connectivity index (χ2v) is 7.09. The van der Waals surface area contributed by atoms with E-state index in [0.29, 0.717) is 24.7 Å². The molecule has 2 atom stereocenters. The zero-order chi connectivity index (χ0) is 19.6. The van der Waals surface area contributed by atoms with E-state index in [1.165, 1.54) is 6.20 Å². The molecule has 2 N–H and O–H groups in total. The highest BCUT2D eigenvalue weighted by Gasteiger charge is 2.42. The van der Waals surface area contributed by atoms with E-state index in [1.54, 1.807) is 17.1 Å². The number of nitrogens with one attached hydrogen (secondary N) is 2. The van der Waals surface area contributed by atoms with Crippen LogP contribution in [0.5, 0.6) is 0 Å². The van der Waals surface area contributed by atoms with E-state index in [-0.39, 0.29) is 12.1 Å². The highest BCUT2D eigenvalue weighted by Crippen LogP contribution is 2.35. The fourth-order valence-electron chi connectivity index (χ4n) is 3.16. The third kappa shape index (κ3) is 4.64. The molecule has 27 heavy (non-hydrogen) atoms. The van der Waals surface area contributed by atoms with Crippen molar-refractivity contribution >= 4 is 11.9 Å². The van der Waals surface area contributed by atoms with E-state index >= 15 is 0 Å². The number of halogens is 3. The van der Waals surface area contributed by atoms with Gasteiger partial charge in [-0.05, 0) is 31.8 Å². The number of rotatable bonds is 3. The van der Waals surface area contributed by atoms with Gasteiger partial charge in [-0.1, -0.05) is 19.4 Å². The number of hydrogen-bond donors (Lipinski definition) is 2. The number of dihydropyridines is 1. The Kier molecular flexibility index (Phi) is 5.48. The molecule has 3 rings (SSSR count). The number of carbonyl (C=O) groups is 1. The van der Waals surface area contributed by atoms with Crippen LogP contribution >= 0.6 is 0 Å². The molecule has 0 aromatic carbocycles. The maximum Gasteiger partial charge on any atom is 0.437 e. The van der Waals surface area contributed by atoms with Crippen molar-refractivity contribution in [3.05, 3.63) is 35.5 Å². The fourth-order valence-corrected chi connectivity index (χ4v) is 3.16. The van der Waals surface area contributed by atoms with E-state index in [1.807, 2.05) is 13.8 Å². The van der Waals surface area contributed by atoms with Gasteiger partial charge in [0, 0.05) is 25.3 Å². The molecule has 1 aromatic heterocycles. The lowest BCUT2D eigenvalue weighted by molar-refractivity contribution is -0.141. The first-order valence-corrected chi connectivity index (χ1v) is 9.03. The minimum absolute atomic E-state index is 0.0818. The molecule has 2 unspecified atom stereocenters. The Balaban J connectivity index is 1.86. The van der Waals surface area contributed by atoms with Crippen LogP contribution in [0.2, 0.25) is 0 Å². The number of allylic oxidation sites excluding steroid dienone is 1. The molecule has 0 bridgehead atoms. The summed E-state index contributed by atoms with van der Waals surface area (Å²) in [4.78, 5) is 17.7. The summed E-state index contributed by atoms with van der Waals surface area (Å²) in [6.45, 7) is 5.04. The summed E-state index contributed by atoms with van der Waals surface area (Å²) in [5.74, 6) is -1.48. The van der Waals surface area contributed by atoms with Gasteiger partial charge in [-0.15, -0.1) is 0 Å². The quantitative estimate of drug-likeness (QED) is 0.836. The van der Waals surface area contributed by atoms with E-state index < -0.39 is 23.5 Å². The number of oxazole rings is 1. The minimum atomic E-state index is -4.78. The maximum atomic E-state index is 13.4. The molecule has 148 valence electrons. The summed E-state index contributed by atoms with van der Waals surface area (Å²) in [7, 11) is 0. The number of alkyl halides is 3. The molecule has 1 amide bonds. The normalized spacial score (nSPS) is 23.4. The van der Waals surface area contributed by atoms with Crippen LogP contribution in [0.15, 0.2) is 28.5 Å². The largest absolute Gasteiger partial charge is 0.437 e. The maximum absolute atomic E-state index is 13.4. The van der Waals surface area contributed by atoms with Gasteiger partial charge in [0.25, 0.3) is 11.9 Å². The first-order valence-electron chi connectivity index (χ1n) is 9.03. The molecule has 0 saturated carbocycles. The topological polar surface area (TPSA) is 70.4 Å². The molecule has 9 heteroatoms. The van der Waals surface area contributed by atoms with Crippen LogP contribution in [0.25, 0.3) is 0 Å². The summed E-state index contributed by atoms with van der Waals surface area (Å²) in [5.41, 5.74) is -0.943. The predicted octanol–water partition coefficient (Wildman–Crippen LogP) is 3.44. The smallest absolute Gasteiger partial charge is 0.417 e. The van der Waals surface area contributed by atoms with E-state index in [2.05, 4.69) is 15.6 Å². The van der Waals surface area contributed by atoms with Gasteiger partial charge in [0.1, 0.15) is 0 Å². The highest BCUT2D eigenvalue weighted by atomic mass is 19.4. The number of carbonyl (C=O) groups excluding carboxylic acids is 1. The van der Waals surface area contributed by atoms with Crippen molar-refractivity contribution in [1.82, 2.24) is 15.6 Å². The Bertz CT molecular complexity index is 754. The second kappa shape index (κ2) is 7.66. The first-order chi connectivity index (χ1) is 12.7. The summed E-state index contributed by atoms with van der Waals surface area (Å²) in [5, 5.41) is 5.39. The molecule has 0 spiro atoms. The zero-order valence-corrected chi connectivity index (χ0v) is 15.3. The van der Waals surface area contributed by atoms with E-state index in [4.69, 9.17) is 4.42 Å². The third-order valence-corrected chi connectivity index (χ3v) is 4.59. The Labute approximate surface area is 155 Å². The minimum Gasteiger partial charge on any atom is -0.417 e. The van der Waals surface area contributed by atoms with Gasteiger partial charge >= 0.3 is 6.18 Å². The second-order valence-electron chi connectivity index (χ2n) is 7.09. The lowest BCUT2D eigenvalue weighted by Crippen LogP contribution is -2.29.